The van der Waals surface area contributed by atoms with Crippen molar-refractivity contribution in [1.29, 1.82) is 0 Å². The minimum Gasteiger partial charge on any atom is -0.380 e. The van der Waals surface area contributed by atoms with E-state index in [1.54, 1.807) is 13.2 Å². The fraction of sp³-hybridized carbons (Fsp3) is 0.579. The van der Waals surface area contributed by atoms with Gasteiger partial charge in [0.15, 0.2) is 0 Å². The van der Waals surface area contributed by atoms with Crippen LogP contribution in [0.2, 0.25) is 0 Å². The number of methoxy groups -OCH3 is 1. The third-order valence-electron chi connectivity index (χ3n) is 2.89. The van der Waals surface area contributed by atoms with Crippen molar-refractivity contribution in [2.75, 3.05) is 7.11 Å². The molecule has 0 N–H and O–H groups in total. The van der Waals surface area contributed by atoms with Gasteiger partial charge in [0, 0.05) is 7.11 Å². The molecule has 1 aromatic carbocycles. The summed E-state index contributed by atoms with van der Waals surface area (Å²) < 4.78 is 5.10. The van der Waals surface area contributed by atoms with Gasteiger partial charge in [-0.25, -0.2) is 0 Å². The monoisotopic (exact) mass is 278 g/mol. The molecule has 0 aromatic heterocycles. The highest BCUT2D eigenvalue weighted by Crippen LogP contribution is 2.24. The third-order valence-corrected chi connectivity index (χ3v) is 2.89. The van der Waals surface area contributed by atoms with Crippen molar-refractivity contribution < 1.29 is 4.74 Å². The van der Waals surface area contributed by atoms with Crippen molar-refractivity contribution in [3.05, 3.63) is 48.0 Å². The van der Waals surface area contributed by atoms with E-state index in [1.165, 1.54) is 30.4 Å². The molecule has 1 aromatic rings. The van der Waals surface area contributed by atoms with Gasteiger partial charge < -0.3 is 4.74 Å². The van der Waals surface area contributed by atoms with Crippen LogP contribution in [0.5, 0.6) is 0 Å². The Morgan fingerprint density at radius 2 is 1.65 bits per heavy atom. The molecule has 0 spiro atoms. The van der Waals surface area contributed by atoms with Gasteiger partial charge in [-0.05, 0) is 36.8 Å². The van der Waals surface area contributed by atoms with Gasteiger partial charge in [-0.3, -0.25) is 0 Å². The van der Waals surface area contributed by atoms with Crippen LogP contribution in [0.3, 0.4) is 0 Å². The Balaban J connectivity index is 0. The first-order chi connectivity index (χ1) is 9.73. The number of hydrogen-bond donors (Lipinski definition) is 0. The number of rotatable bonds is 6. The summed E-state index contributed by atoms with van der Waals surface area (Å²) in [5, 5.41) is 0. The minimum atomic E-state index is 0.713. The predicted molar refractivity (Wildman–Crippen MR) is 92.3 cm³/mol. The van der Waals surface area contributed by atoms with Crippen molar-refractivity contribution in [2.45, 2.75) is 66.4 Å². The Morgan fingerprint density at radius 1 is 1.15 bits per heavy atom. The van der Waals surface area contributed by atoms with Gasteiger partial charge in [0.2, 0.25) is 0 Å². The van der Waals surface area contributed by atoms with Crippen LogP contribution in [-0.4, -0.2) is 7.11 Å². The average molecular weight is 278 g/mol. The second-order valence-electron chi connectivity index (χ2n) is 4.48. The van der Waals surface area contributed by atoms with Gasteiger partial charge in [0.25, 0.3) is 0 Å². The van der Waals surface area contributed by atoms with E-state index < -0.39 is 0 Å². The molecule has 20 heavy (non-hydrogen) atoms. The maximum Gasteiger partial charge on any atom is 0.0713 e. The maximum absolute atomic E-state index is 5.10. The molecule has 0 aliphatic carbocycles. The Hall–Kier alpha value is -1.08. The lowest BCUT2D eigenvalue weighted by molar-refractivity contribution is 0.185. The molecule has 1 heteroatoms. The lowest BCUT2D eigenvalue weighted by atomic mass is 9.92. The molecule has 0 heterocycles. The van der Waals surface area contributed by atoms with E-state index in [1.807, 2.05) is 20.8 Å². The lowest BCUT2D eigenvalue weighted by Crippen LogP contribution is -1.97. The Kier molecular flexibility index (Phi) is 17.0. The zero-order valence-corrected chi connectivity index (χ0v) is 14.4. The van der Waals surface area contributed by atoms with Crippen molar-refractivity contribution in [2.24, 2.45) is 0 Å². The largest absolute Gasteiger partial charge is 0.380 e. The van der Waals surface area contributed by atoms with Crippen molar-refractivity contribution in [1.82, 2.24) is 0 Å². The zero-order valence-electron chi connectivity index (χ0n) is 14.4. The Bertz CT molecular complexity index is 300. The van der Waals surface area contributed by atoms with E-state index in [9.17, 15) is 0 Å². The second kappa shape index (κ2) is 16.0. The molecule has 0 aliphatic rings. The van der Waals surface area contributed by atoms with Gasteiger partial charge in [-0.1, -0.05) is 64.5 Å². The highest BCUT2D eigenvalue weighted by Gasteiger charge is 2.07. The highest BCUT2D eigenvalue weighted by atomic mass is 16.5. The van der Waals surface area contributed by atoms with E-state index >= 15 is 0 Å². The summed E-state index contributed by atoms with van der Waals surface area (Å²) in [5.74, 6) is 0.728. The molecular formula is C19H34O. The molecule has 1 rings (SSSR count). The van der Waals surface area contributed by atoms with Crippen LogP contribution in [0.25, 0.3) is 0 Å². The molecule has 0 saturated heterocycles. The molecule has 0 fully saturated rings. The SMILES string of the molecule is C=CC.CC.CCCC(CC)c1ccc(COC)cc1. The van der Waals surface area contributed by atoms with E-state index in [0.717, 1.165) is 5.92 Å². The van der Waals surface area contributed by atoms with E-state index in [4.69, 9.17) is 4.74 Å². The van der Waals surface area contributed by atoms with Crippen LogP contribution in [0, 0.1) is 0 Å². The molecule has 0 aliphatic heterocycles. The van der Waals surface area contributed by atoms with Crippen molar-refractivity contribution in [3.63, 3.8) is 0 Å². The van der Waals surface area contributed by atoms with Gasteiger partial charge in [-0.15, -0.1) is 6.58 Å². The molecule has 0 bridgehead atoms. The first kappa shape index (κ1) is 21.2. The summed E-state index contributed by atoms with van der Waals surface area (Å²) in [6, 6.07) is 8.85. The molecule has 116 valence electrons. The van der Waals surface area contributed by atoms with Crippen LogP contribution in [0.4, 0.5) is 0 Å². The summed E-state index contributed by atoms with van der Waals surface area (Å²) in [5.41, 5.74) is 2.73. The molecule has 1 atom stereocenters. The minimum absolute atomic E-state index is 0.713. The van der Waals surface area contributed by atoms with Gasteiger partial charge >= 0.3 is 0 Å². The fourth-order valence-electron chi connectivity index (χ4n) is 2.01. The number of ether oxygens (including phenoxy) is 1. The number of allylic oxidation sites excluding steroid dienone is 1. The van der Waals surface area contributed by atoms with Crippen LogP contribution in [0.1, 0.15) is 70.9 Å². The van der Waals surface area contributed by atoms with E-state index in [2.05, 4.69) is 44.7 Å². The molecular weight excluding hydrogens is 244 g/mol. The van der Waals surface area contributed by atoms with E-state index in [-0.39, 0.29) is 0 Å². The quantitative estimate of drug-likeness (QED) is 0.551. The number of benzene rings is 1. The summed E-state index contributed by atoms with van der Waals surface area (Å²) in [4.78, 5) is 0. The zero-order chi connectivity index (χ0) is 15.8. The third kappa shape index (κ3) is 9.80. The predicted octanol–water partition coefficient (Wildman–Crippen LogP) is 6.35. The van der Waals surface area contributed by atoms with Crippen molar-refractivity contribution in [3.8, 4) is 0 Å². The molecule has 1 unspecified atom stereocenters. The summed E-state index contributed by atoms with van der Waals surface area (Å²) in [6.07, 6.45) is 5.54. The van der Waals surface area contributed by atoms with Crippen molar-refractivity contribution >= 4 is 0 Å². The normalized spacial score (nSPS) is 10.5. The summed E-state index contributed by atoms with van der Waals surface area (Å²) in [7, 11) is 1.74. The van der Waals surface area contributed by atoms with Gasteiger partial charge in [0.1, 0.15) is 0 Å². The fourth-order valence-corrected chi connectivity index (χ4v) is 2.01. The molecule has 0 saturated carbocycles. The van der Waals surface area contributed by atoms with Crippen LogP contribution < -0.4 is 0 Å². The van der Waals surface area contributed by atoms with Crippen LogP contribution >= 0.6 is 0 Å². The topological polar surface area (TPSA) is 9.23 Å². The first-order valence-electron chi connectivity index (χ1n) is 7.88. The van der Waals surface area contributed by atoms with Crippen LogP contribution in [0.15, 0.2) is 36.9 Å². The Morgan fingerprint density at radius 3 is 2.00 bits per heavy atom. The maximum atomic E-state index is 5.10. The summed E-state index contributed by atoms with van der Waals surface area (Å²) in [6.45, 7) is 14.5. The summed E-state index contributed by atoms with van der Waals surface area (Å²) >= 11 is 0. The Labute approximate surface area is 127 Å². The van der Waals surface area contributed by atoms with Gasteiger partial charge in [0.05, 0.1) is 6.61 Å². The molecule has 0 radical (unpaired) electrons. The van der Waals surface area contributed by atoms with E-state index in [0.29, 0.717) is 6.61 Å². The molecule has 0 amide bonds. The number of hydrogen-bond acceptors (Lipinski definition) is 1. The highest BCUT2D eigenvalue weighted by molar-refractivity contribution is 5.25. The lowest BCUT2D eigenvalue weighted by Gasteiger charge is -2.14. The second-order valence-corrected chi connectivity index (χ2v) is 4.48. The average Bonchev–Trinajstić information content (AvgIpc) is 2.49. The van der Waals surface area contributed by atoms with Gasteiger partial charge in [-0.2, -0.15) is 0 Å². The standard InChI is InChI=1S/C14H22O.C3H6.C2H6/c1-4-6-13(5-2)14-9-7-12(8-10-14)11-15-3;1-3-2;1-2/h7-10,13H,4-6,11H2,1-3H3;3H,1H2,2H3;1-2H3. The molecule has 1 nitrogen and oxygen atoms in total. The van der Waals surface area contributed by atoms with Crippen LogP contribution in [-0.2, 0) is 11.3 Å². The first-order valence-corrected chi connectivity index (χ1v) is 7.88. The smallest absolute Gasteiger partial charge is 0.0713 e.